The van der Waals surface area contributed by atoms with E-state index in [1.165, 1.54) is 0 Å². The van der Waals surface area contributed by atoms with Crippen LogP contribution in [0.15, 0.2) is 30.3 Å². The van der Waals surface area contributed by atoms with Crippen LogP contribution in [-0.4, -0.2) is 83.9 Å². The number of aliphatic hydroxyl groups excluding tert-OH is 1. The van der Waals surface area contributed by atoms with Crippen LogP contribution >= 0.6 is 0 Å². The van der Waals surface area contributed by atoms with Gasteiger partial charge in [0.2, 0.25) is 0 Å². The molecule has 2 heterocycles. The Morgan fingerprint density at radius 2 is 1.72 bits per heavy atom. The second kappa shape index (κ2) is 14.1. The van der Waals surface area contributed by atoms with Crippen LogP contribution in [0.1, 0.15) is 57.6 Å². The van der Waals surface area contributed by atoms with E-state index < -0.39 is 36.4 Å². The number of likely N-dealkylation sites (tertiary alicyclic amines) is 1. The molecule has 4 rings (SSSR count). The smallest absolute Gasteiger partial charge is 0.337 e. The van der Waals surface area contributed by atoms with Gasteiger partial charge < -0.3 is 25.0 Å². The van der Waals surface area contributed by atoms with Crippen LogP contribution in [0.2, 0.25) is 0 Å². The van der Waals surface area contributed by atoms with Crippen molar-refractivity contribution in [1.29, 1.82) is 0 Å². The fourth-order valence-corrected chi connectivity index (χ4v) is 5.91. The molecule has 2 saturated heterocycles. The van der Waals surface area contributed by atoms with Gasteiger partial charge in [0.1, 0.15) is 12.1 Å². The third kappa shape index (κ3) is 8.68. The lowest BCUT2D eigenvalue weighted by molar-refractivity contribution is -0.149. The van der Waals surface area contributed by atoms with Gasteiger partial charge in [0.25, 0.3) is 5.92 Å². The molecule has 11 heteroatoms. The number of aliphatic hydroxyl groups is 1. The molecule has 2 aliphatic heterocycles. The monoisotopic (exact) mass is 554 g/mol. The van der Waals surface area contributed by atoms with Gasteiger partial charge in [-0.1, -0.05) is 30.3 Å². The van der Waals surface area contributed by atoms with E-state index in [1.54, 1.807) is 49.1 Å². The first-order chi connectivity index (χ1) is 18.5. The van der Waals surface area contributed by atoms with Crippen LogP contribution in [0.4, 0.5) is 8.78 Å². The summed E-state index contributed by atoms with van der Waals surface area (Å²) < 4.78 is 38.1. The molecule has 0 radical (unpaired) electrons. The molecule has 6 unspecified atom stereocenters. The van der Waals surface area contributed by atoms with Gasteiger partial charge in [0, 0.05) is 13.0 Å². The van der Waals surface area contributed by atoms with E-state index in [4.69, 9.17) is 19.7 Å². The molecular weight excluding hydrogens is 514 g/mol. The molecule has 1 aromatic rings. The lowest BCUT2D eigenvalue weighted by Gasteiger charge is -2.43. The Morgan fingerprint density at radius 3 is 2.36 bits per heavy atom. The highest BCUT2D eigenvalue weighted by atomic mass is 19.3. The Labute approximate surface area is 227 Å². The van der Waals surface area contributed by atoms with E-state index in [0.29, 0.717) is 30.6 Å². The van der Waals surface area contributed by atoms with Crippen LogP contribution in [0.25, 0.3) is 0 Å². The Hall–Kier alpha value is -2.63. The number of esters is 2. The minimum atomic E-state index is -2.85. The molecule has 3 N–H and O–H groups in total. The van der Waals surface area contributed by atoms with Crippen molar-refractivity contribution in [3.05, 3.63) is 35.9 Å². The molecule has 218 valence electrons. The van der Waals surface area contributed by atoms with Gasteiger partial charge in [-0.2, -0.15) is 0 Å². The molecule has 6 atom stereocenters. The number of carboxylic acids is 1. The van der Waals surface area contributed by atoms with E-state index in [2.05, 4.69) is 5.32 Å². The van der Waals surface area contributed by atoms with Crippen molar-refractivity contribution in [1.82, 2.24) is 10.2 Å². The average Bonchev–Trinajstić information content (AvgIpc) is 3.22. The molecule has 0 bridgehead atoms. The predicted octanol–water partition coefficient (Wildman–Crippen LogP) is 3.02. The van der Waals surface area contributed by atoms with E-state index in [9.17, 15) is 23.2 Å². The Morgan fingerprint density at radius 1 is 1.05 bits per heavy atom. The van der Waals surface area contributed by atoms with Crippen LogP contribution in [-0.2, 0) is 23.9 Å². The first-order valence-corrected chi connectivity index (χ1v) is 13.7. The van der Waals surface area contributed by atoms with Crippen molar-refractivity contribution < 1.29 is 42.9 Å². The van der Waals surface area contributed by atoms with Crippen LogP contribution in [0.5, 0.6) is 0 Å². The molecule has 9 nitrogen and oxygen atoms in total. The predicted molar refractivity (Wildman–Crippen MR) is 138 cm³/mol. The maximum absolute atomic E-state index is 14.0. The van der Waals surface area contributed by atoms with Gasteiger partial charge in [0.15, 0.2) is 6.10 Å². The van der Waals surface area contributed by atoms with Gasteiger partial charge in [-0.05, 0) is 69.4 Å². The zero-order valence-corrected chi connectivity index (χ0v) is 22.6. The molecule has 39 heavy (non-hydrogen) atoms. The molecule has 0 amide bonds. The summed E-state index contributed by atoms with van der Waals surface area (Å²) in [6, 6.07) is 7.13. The van der Waals surface area contributed by atoms with Crippen molar-refractivity contribution in [2.45, 2.75) is 70.1 Å². The Bertz CT molecular complexity index is 964. The Balaban J connectivity index is 0.000000320. The third-order valence-corrected chi connectivity index (χ3v) is 7.75. The number of hydrogen-bond donors (Lipinski definition) is 3. The van der Waals surface area contributed by atoms with Crippen molar-refractivity contribution in [3.63, 3.8) is 0 Å². The van der Waals surface area contributed by atoms with Crippen LogP contribution < -0.4 is 5.32 Å². The maximum atomic E-state index is 14.0. The molecule has 3 aliphatic rings. The fourth-order valence-electron chi connectivity index (χ4n) is 5.91. The van der Waals surface area contributed by atoms with E-state index in [-0.39, 0.29) is 31.1 Å². The number of halogens is 2. The molecule has 1 aromatic carbocycles. The molecule has 0 spiro atoms. The summed E-state index contributed by atoms with van der Waals surface area (Å²) in [6.07, 6.45) is 1.75. The number of carbonyl (C=O) groups is 3. The minimum absolute atomic E-state index is 0.199. The van der Waals surface area contributed by atoms with Gasteiger partial charge in [0.05, 0.1) is 19.8 Å². The number of ether oxygens (including phenoxy) is 2. The number of hydrogen-bond acceptors (Lipinski definition) is 8. The minimum Gasteiger partial charge on any atom is -0.479 e. The summed E-state index contributed by atoms with van der Waals surface area (Å²) in [4.78, 5) is 36.1. The number of alkyl halides is 2. The number of fused-ring (bicyclic) bond motifs is 1. The van der Waals surface area contributed by atoms with E-state index in [0.717, 1.165) is 32.2 Å². The van der Waals surface area contributed by atoms with E-state index in [1.807, 2.05) is 0 Å². The molecular formula is C28H40F2N2O7. The quantitative estimate of drug-likeness (QED) is 0.416. The summed E-state index contributed by atoms with van der Waals surface area (Å²) in [5, 5.41) is 20.7. The van der Waals surface area contributed by atoms with E-state index >= 15 is 0 Å². The van der Waals surface area contributed by atoms with Crippen LogP contribution in [0.3, 0.4) is 0 Å². The largest absolute Gasteiger partial charge is 0.479 e. The highest BCUT2D eigenvalue weighted by Gasteiger charge is 2.49. The summed E-state index contributed by atoms with van der Waals surface area (Å²) in [5.41, 5.74) is 0.403. The summed E-state index contributed by atoms with van der Waals surface area (Å²) in [7, 11) is 0. The topological polar surface area (TPSA) is 125 Å². The van der Waals surface area contributed by atoms with Gasteiger partial charge in [-0.25, -0.2) is 13.6 Å². The number of benzene rings is 1. The van der Waals surface area contributed by atoms with Gasteiger partial charge in [-0.15, -0.1) is 0 Å². The number of nitrogens with zero attached hydrogens (tertiary/aromatic N) is 1. The molecule has 3 fully saturated rings. The number of nitrogens with one attached hydrogen (secondary N) is 1. The van der Waals surface area contributed by atoms with Crippen molar-refractivity contribution in [2.75, 3.05) is 32.8 Å². The second-order valence-corrected chi connectivity index (χ2v) is 10.6. The first-order valence-electron chi connectivity index (χ1n) is 13.7. The SMILES string of the molecule is CCOC(=O)C1CC2CC(CN3CC(F)(F)CC3C(=O)OCC)CCC2CN1.O=C(O)C(O)c1ccccc1. The number of piperidine rings is 1. The average molecular weight is 555 g/mol. The maximum Gasteiger partial charge on any atom is 0.337 e. The van der Waals surface area contributed by atoms with Crippen LogP contribution in [0, 0.1) is 17.8 Å². The lowest BCUT2D eigenvalue weighted by Crippen LogP contribution is -2.51. The highest BCUT2D eigenvalue weighted by molar-refractivity contribution is 5.76. The molecule has 1 aliphatic carbocycles. The third-order valence-electron chi connectivity index (χ3n) is 7.75. The van der Waals surface area contributed by atoms with Crippen molar-refractivity contribution in [2.24, 2.45) is 17.8 Å². The Kier molecular flexibility index (Phi) is 11.2. The van der Waals surface area contributed by atoms with Crippen molar-refractivity contribution >= 4 is 17.9 Å². The van der Waals surface area contributed by atoms with Gasteiger partial charge in [-0.3, -0.25) is 14.5 Å². The summed E-state index contributed by atoms with van der Waals surface area (Å²) >= 11 is 0. The fraction of sp³-hybridized carbons (Fsp3) is 0.679. The lowest BCUT2D eigenvalue weighted by atomic mass is 9.69. The zero-order valence-electron chi connectivity index (χ0n) is 22.6. The van der Waals surface area contributed by atoms with Gasteiger partial charge >= 0.3 is 17.9 Å². The normalized spacial score (nSPS) is 28.8. The number of carbonyl (C=O) groups excluding carboxylic acids is 2. The number of carboxylic acid groups (broad SMARTS) is 1. The summed E-state index contributed by atoms with van der Waals surface area (Å²) in [5.74, 6) is -3.66. The number of rotatable bonds is 8. The molecule has 1 saturated carbocycles. The first kappa shape index (κ1) is 30.9. The van der Waals surface area contributed by atoms with Crippen molar-refractivity contribution in [3.8, 4) is 0 Å². The highest BCUT2D eigenvalue weighted by Crippen LogP contribution is 2.41. The summed E-state index contributed by atoms with van der Waals surface area (Å²) in [6.45, 7) is 4.96. The second-order valence-electron chi connectivity index (χ2n) is 10.6. The standard InChI is InChI=1S/C20H32F2N2O4.C8H8O3/c1-3-27-18(25)16-8-15-7-13(5-6-14(15)10-23-16)11-24-12-20(21,22)9-17(24)19(26)28-4-2;9-7(8(10)11)6-4-2-1-3-5-6/h13-17,23H,3-12H2,1-2H3;1-5,7,9H,(H,10,11). The molecule has 0 aromatic heterocycles. The number of aliphatic carboxylic acids is 1. The zero-order chi connectivity index (χ0) is 28.6.